The number of amides is 1. The van der Waals surface area contributed by atoms with Crippen LogP contribution in [0.3, 0.4) is 0 Å². The van der Waals surface area contributed by atoms with Gasteiger partial charge in [0.05, 0.1) is 11.0 Å². The van der Waals surface area contributed by atoms with Gasteiger partial charge in [0, 0.05) is 30.5 Å². The Morgan fingerprint density at radius 1 is 0.968 bits per heavy atom. The van der Waals surface area contributed by atoms with Gasteiger partial charge in [-0.25, -0.2) is 9.37 Å². The minimum absolute atomic E-state index is 0.0139. The van der Waals surface area contributed by atoms with Crippen LogP contribution < -0.4 is 5.32 Å². The minimum atomic E-state index is -0.232. The first-order valence-electron chi connectivity index (χ1n) is 10.7. The third-order valence-corrected chi connectivity index (χ3v) is 6.15. The minimum Gasteiger partial charge on any atom is -0.355 e. The molecule has 0 spiro atoms. The van der Waals surface area contributed by atoms with Crippen LogP contribution in [0.2, 0.25) is 0 Å². The van der Waals surface area contributed by atoms with Crippen molar-refractivity contribution in [3.05, 3.63) is 96.1 Å². The molecule has 1 heterocycles. The van der Waals surface area contributed by atoms with E-state index in [1.54, 1.807) is 0 Å². The predicted octanol–water partition coefficient (Wildman–Crippen LogP) is 4.95. The Kier molecular flexibility index (Phi) is 5.02. The molecule has 1 aromatic heterocycles. The molecule has 0 saturated heterocycles. The first-order chi connectivity index (χ1) is 15.1. The van der Waals surface area contributed by atoms with Gasteiger partial charge in [-0.05, 0) is 54.8 Å². The molecule has 1 aliphatic rings. The highest BCUT2D eigenvalue weighted by Gasteiger charge is 2.44. The number of aryl methyl sites for hydroxylation is 1. The Bertz CT molecular complexity index is 1210. The molecule has 1 amide bonds. The number of halogens is 1. The van der Waals surface area contributed by atoms with Gasteiger partial charge in [-0.2, -0.15) is 0 Å². The second-order valence-electron chi connectivity index (χ2n) is 8.25. The number of nitrogens with one attached hydrogen (secondary N) is 1. The zero-order chi connectivity index (χ0) is 21.3. The van der Waals surface area contributed by atoms with E-state index in [2.05, 4.69) is 28.1 Å². The zero-order valence-electron chi connectivity index (χ0n) is 17.2. The number of nitrogens with zero attached hydrogens (tertiary/aromatic N) is 2. The number of carbonyl (C=O) groups is 1. The largest absolute Gasteiger partial charge is 0.355 e. The summed E-state index contributed by atoms with van der Waals surface area (Å²) >= 11 is 0. The fraction of sp³-hybridized carbons (Fsp3) is 0.231. The van der Waals surface area contributed by atoms with Crippen LogP contribution in [0.15, 0.2) is 78.9 Å². The average molecular weight is 413 g/mol. The van der Waals surface area contributed by atoms with Crippen molar-refractivity contribution in [2.75, 3.05) is 6.54 Å². The SMILES string of the molecule is O=C(CCc1nc2ccccc2n1-c1ccccc1)NCC1(c2ccc(F)cc2)CC1. The van der Waals surface area contributed by atoms with Crippen molar-refractivity contribution in [2.24, 2.45) is 0 Å². The van der Waals surface area contributed by atoms with Gasteiger partial charge in [0.25, 0.3) is 0 Å². The summed E-state index contributed by atoms with van der Waals surface area (Å²) in [5.41, 5.74) is 4.06. The van der Waals surface area contributed by atoms with Gasteiger partial charge in [0.2, 0.25) is 5.91 Å². The van der Waals surface area contributed by atoms with Crippen molar-refractivity contribution in [3.8, 4) is 5.69 Å². The molecular weight excluding hydrogens is 389 g/mol. The normalized spacial score (nSPS) is 14.5. The molecule has 1 saturated carbocycles. The van der Waals surface area contributed by atoms with Crippen molar-refractivity contribution in [1.82, 2.24) is 14.9 Å². The standard InChI is InChI=1S/C26H24FN3O/c27-20-12-10-19(11-13-20)26(16-17-26)18-28-25(31)15-14-24-29-22-8-4-5-9-23(22)30(24)21-6-2-1-3-7-21/h1-13H,14-18H2,(H,28,31). The molecular formula is C26H24FN3O. The first kappa shape index (κ1) is 19.5. The topological polar surface area (TPSA) is 46.9 Å². The van der Waals surface area contributed by atoms with Crippen LogP contribution in [0, 0.1) is 5.82 Å². The monoisotopic (exact) mass is 413 g/mol. The number of hydrogen-bond donors (Lipinski definition) is 1. The number of rotatable bonds is 7. The number of carbonyl (C=O) groups excluding carboxylic acids is 1. The number of hydrogen-bond acceptors (Lipinski definition) is 2. The Hall–Kier alpha value is -3.47. The molecule has 5 heteroatoms. The van der Waals surface area contributed by atoms with Gasteiger partial charge < -0.3 is 5.32 Å². The molecule has 0 bridgehead atoms. The average Bonchev–Trinajstić information content (AvgIpc) is 3.50. The molecule has 1 N–H and O–H groups in total. The molecule has 1 aliphatic carbocycles. The fourth-order valence-corrected chi connectivity index (χ4v) is 4.21. The molecule has 156 valence electrons. The molecule has 1 fully saturated rings. The number of imidazole rings is 1. The third-order valence-electron chi connectivity index (χ3n) is 6.15. The third kappa shape index (κ3) is 3.96. The lowest BCUT2D eigenvalue weighted by Gasteiger charge is -2.17. The van der Waals surface area contributed by atoms with Crippen LogP contribution in [-0.2, 0) is 16.6 Å². The maximum Gasteiger partial charge on any atom is 0.220 e. The summed E-state index contributed by atoms with van der Waals surface area (Å²) in [6.45, 7) is 0.590. The van der Waals surface area contributed by atoms with E-state index in [1.807, 2.05) is 48.5 Å². The summed E-state index contributed by atoms with van der Waals surface area (Å²) in [6.07, 6.45) is 2.96. The van der Waals surface area contributed by atoms with Crippen molar-refractivity contribution in [1.29, 1.82) is 0 Å². The summed E-state index contributed by atoms with van der Waals surface area (Å²) < 4.78 is 15.4. The Morgan fingerprint density at radius 2 is 1.68 bits per heavy atom. The van der Waals surface area contributed by atoms with E-state index in [0.29, 0.717) is 19.4 Å². The van der Waals surface area contributed by atoms with E-state index < -0.39 is 0 Å². The summed E-state index contributed by atoms with van der Waals surface area (Å²) in [5, 5.41) is 3.09. The number of para-hydroxylation sites is 3. The van der Waals surface area contributed by atoms with E-state index >= 15 is 0 Å². The smallest absolute Gasteiger partial charge is 0.220 e. The molecule has 0 radical (unpaired) electrons. The lowest BCUT2D eigenvalue weighted by atomic mass is 9.96. The zero-order valence-corrected chi connectivity index (χ0v) is 17.2. The lowest BCUT2D eigenvalue weighted by Crippen LogP contribution is -2.32. The van der Waals surface area contributed by atoms with Crippen LogP contribution in [-0.4, -0.2) is 22.0 Å². The highest BCUT2D eigenvalue weighted by atomic mass is 19.1. The van der Waals surface area contributed by atoms with Gasteiger partial charge >= 0.3 is 0 Å². The number of aromatic nitrogens is 2. The highest BCUT2D eigenvalue weighted by Crippen LogP contribution is 2.47. The Balaban J connectivity index is 1.28. The first-order valence-corrected chi connectivity index (χ1v) is 10.7. The van der Waals surface area contributed by atoms with Crippen molar-refractivity contribution >= 4 is 16.9 Å². The summed E-state index contributed by atoms with van der Waals surface area (Å²) in [4.78, 5) is 17.4. The molecule has 5 rings (SSSR count). The van der Waals surface area contributed by atoms with Gasteiger partial charge in [-0.1, -0.05) is 42.5 Å². The second kappa shape index (κ2) is 7.99. The molecule has 0 atom stereocenters. The summed E-state index contributed by atoms with van der Waals surface area (Å²) in [5.74, 6) is 0.659. The maximum atomic E-state index is 13.2. The van der Waals surface area contributed by atoms with E-state index in [0.717, 1.165) is 41.0 Å². The highest BCUT2D eigenvalue weighted by molar-refractivity contribution is 5.79. The quantitative estimate of drug-likeness (QED) is 0.466. The van der Waals surface area contributed by atoms with Crippen molar-refractivity contribution < 1.29 is 9.18 Å². The summed E-state index contributed by atoms with van der Waals surface area (Å²) in [7, 11) is 0. The molecule has 0 aliphatic heterocycles. The van der Waals surface area contributed by atoms with Crippen LogP contribution in [0.25, 0.3) is 16.7 Å². The fourth-order valence-electron chi connectivity index (χ4n) is 4.21. The van der Waals surface area contributed by atoms with Crippen LogP contribution in [0.1, 0.15) is 30.7 Å². The van der Waals surface area contributed by atoms with E-state index in [4.69, 9.17) is 4.98 Å². The summed E-state index contributed by atoms with van der Waals surface area (Å²) in [6, 6.07) is 24.8. The van der Waals surface area contributed by atoms with E-state index in [1.165, 1.54) is 12.1 Å². The number of fused-ring (bicyclic) bond motifs is 1. The molecule has 3 aromatic carbocycles. The van der Waals surface area contributed by atoms with Gasteiger partial charge in [-0.3, -0.25) is 9.36 Å². The van der Waals surface area contributed by atoms with E-state index in [9.17, 15) is 9.18 Å². The predicted molar refractivity (Wildman–Crippen MR) is 120 cm³/mol. The molecule has 4 aromatic rings. The molecule has 31 heavy (non-hydrogen) atoms. The van der Waals surface area contributed by atoms with Crippen molar-refractivity contribution in [3.63, 3.8) is 0 Å². The van der Waals surface area contributed by atoms with Gasteiger partial charge in [-0.15, -0.1) is 0 Å². The van der Waals surface area contributed by atoms with E-state index in [-0.39, 0.29) is 17.1 Å². The van der Waals surface area contributed by atoms with Gasteiger partial charge in [0.15, 0.2) is 0 Å². The van der Waals surface area contributed by atoms with Crippen molar-refractivity contribution in [2.45, 2.75) is 31.1 Å². The molecule has 0 unspecified atom stereocenters. The number of benzene rings is 3. The van der Waals surface area contributed by atoms with Crippen LogP contribution in [0.5, 0.6) is 0 Å². The van der Waals surface area contributed by atoms with Crippen LogP contribution >= 0.6 is 0 Å². The molecule has 4 nitrogen and oxygen atoms in total. The van der Waals surface area contributed by atoms with Gasteiger partial charge in [0.1, 0.15) is 11.6 Å². The maximum absolute atomic E-state index is 13.2. The Labute approximate surface area is 180 Å². The lowest BCUT2D eigenvalue weighted by molar-refractivity contribution is -0.121. The second-order valence-corrected chi connectivity index (χ2v) is 8.25. The van der Waals surface area contributed by atoms with Crippen LogP contribution in [0.4, 0.5) is 4.39 Å². The Morgan fingerprint density at radius 3 is 2.42 bits per heavy atom.